The van der Waals surface area contributed by atoms with Crippen molar-refractivity contribution in [3.05, 3.63) is 68.8 Å². The van der Waals surface area contributed by atoms with Gasteiger partial charge in [-0.3, -0.25) is 0 Å². The minimum atomic E-state index is -3.55. The van der Waals surface area contributed by atoms with Crippen molar-refractivity contribution in [3.8, 4) is 16.9 Å². The normalized spacial score (nSPS) is 11.6. The van der Waals surface area contributed by atoms with E-state index in [2.05, 4.69) is 5.10 Å². The summed E-state index contributed by atoms with van der Waals surface area (Å²) in [5.41, 5.74) is 0.876. The number of hydrogen-bond acceptors (Lipinski definition) is 4. The maximum absolute atomic E-state index is 12.0. The molecular formula is C18H13Cl3N2O4S. The Morgan fingerprint density at radius 1 is 1.07 bits per heavy atom. The molecule has 0 amide bonds. The van der Waals surface area contributed by atoms with Crippen LogP contribution in [-0.4, -0.2) is 35.5 Å². The van der Waals surface area contributed by atoms with Gasteiger partial charge in [0.2, 0.25) is 0 Å². The number of carbonyl (C=O) groups is 1. The summed E-state index contributed by atoms with van der Waals surface area (Å²) in [7, 11) is -3.55. The van der Waals surface area contributed by atoms with Crippen molar-refractivity contribution in [2.24, 2.45) is 0 Å². The van der Waals surface area contributed by atoms with Gasteiger partial charge >= 0.3 is 5.97 Å². The molecule has 0 aliphatic carbocycles. The molecule has 28 heavy (non-hydrogen) atoms. The second-order valence-corrected chi connectivity index (χ2v) is 9.49. The first-order valence-electron chi connectivity index (χ1n) is 7.81. The zero-order chi connectivity index (χ0) is 20.6. The summed E-state index contributed by atoms with van der Waals surface area (Å²) in [5.74, 6) is -1.85. The Balaban J connectivity index is 2.39. The number of aromatic nitrogens is 2. The molecule has 0 aliphatic heterocycles. The number of halogens is 3. The Morgan fingerprint density at radius 3 is 2.21 bits per heavy atom. The number of sulfone groups is 1. The lowest BCUT2D eigenvalue weighted by Crippen LogP contribution is -2.07. The van der Waals surface area contributed by atoms with E-state index in [1.165, 1.54) is 10.7 Å². The third-order valence-electron chi connectivity index (χ3n) is 3.85. The van der Waals surface area contributed by atoms with Gasteiger partial charge in [0.15, 0.2) is 15.5 Å². The summed E-state index contributed by atoms with van der Waals surface area (Å²) in [5, 5.41) is 14.8. The number of carboxylic acids is 1. The molecule has 146 valence electrons. The number of benzene rings is 2. The van der Waals surface area contributed by atoms with Crippen LogP contribution in [0.1, 0.15) is 16.1 Å². The van der Waals surface area contributed by atoms with Gasteiger partial charge in [-0.15, -0.1) is 0 Å². The van der Waals surface area contributed by atoms with Crippen molar-refractivity contribution in [3.63, 3.8) is 0 Å². The molecule has 1 aromatic heterocycles. The number of rotatable bonds is 5. The summed E-state index contributed by atoms with van der Waals surface area (Å²) in [4.78, 5) is 11.8. The van der Waals surface area contributed by atoms with E-state index in [1.807, 2.05) is 0 Å². The van der Waals surface area contributed by atoms with Crippen LogP contribution >= 0.6 is 34.8 Å². The summed E-state index contributed by atoms with van der Waals surface area (Å²) in [6, 6.07) is 11.2. The number of aromatic carboxylic acids is 1. The summed E-state index contributed by atoms with van der Waals surface area (Å²) < 4.78 is 25.3. The van der Waals surface area contributed by atoms with Crippen LogP contribution in [0, 0.1) is 0 Å². The molecule has 0 atom stereocenters. The smallest absolute Gasteiger partial charge is 0.356 e. The second-order valence-electron chi connectivity index (χ2n) is 6.07. The van der Waals surface area contributed by atoms with Gasteiger partial charge < -0.3 is 5.11 Å². The molecule has 1 heterocycles. The van der Waals surface area contributed by atoms with Crippen LogP contribution in [0.3, 0.4) is 0 Å². The number of nitrogens with zero attached hydrogens (tertiary/aromatic N) is 2. The SMILES string of the molecule is CS(=O)(=O)Cc1c(C(=O)O)nn(-c2ccc(Cl)cc2Cl)c1-c1ccc(Cl)cc1. The van der Waals surface area contributed by atoms with Crippen molar-refractivity contribution in [1.29, 1.82) is 0 Å². The lowest BCUT2D eigenvalue weighted by Gasteiger charge is -2.12. The monoisotopic (exact) mass is 458 g/mol. The molecule has 3 rings (SSSR count). The van der Waals surface area contributed by atoms with E-state index in [-0.39, 0.29) is 16.3 Å². The minimum absolute atomic E-state index is 0.0586. The highest BCUT2D eigenvalue weighted by molar-refractivity contribution is 7.89. The van der Waals surface area contributed by atoms with Crippen LogP contribution in [0.5, 0.6) is 0 Å². The molecule has 0 aliphatic rings. The maximum atomic E-state index is 12.0. The van der Waals surface area contributed by atoms with Crippen LogP contribution in [0.2, 0.25) is 15.1 Å². The van der Waals surface area contributed by atoms with Crippen molar-refractivity contribution in [1.82, 2.24) is 9.78 Å². The minimum Gasteiger partial charge on any atom is -0.476 e. The van der Waals surface area contributed by atoms with E-state index in [4.69, 9.17) is 34.8 Å². The quantitative estimate of drug-likeness (QED) is 0.595. The fraction of sp³-hybridized carbons (Fsp3) is 0.111. The van der Waals surface area contributed by atoms with Gasteiger partial charge in [0.1, 0.15) is 0 Å². The highest BCUT2D eigenvalue weighted by Crippen LogP contribution is 2.34. The Labute approximate surface area is 176 Å². The summed E-state index contributed by atoms with van der Waals surface area (Å²) in [6.07, 6.45) is 1.02. The Hall–Kier alpha value is -2.06. The molecule has 10 heteroatoms. The summed E-state index contributed by atoms with van der Waals surface area (Å²) in [6.45, 7) is 0. The van der Waals surface area contributed by atoms with Crippen LogP contribution in [-0.2, 0) is 15.6 Å². The topological polar surface area (TPSA) is 89.3 Å². The first-order valence-corrected chi connectivity index (χ1v) is 11.0. The predicted molar refractivity (Wildman–Crippen MR) is 110 cm³/mol. The van der Waals surface area contributed by atoms with E-state index in [1.54, 1.807) is 36.4 Å². The van der Waals surface area contributed by atoms with Gasteiger partial charge in [0.05, 0.1) is 22.2 Å². The Bertz CT molecular complexity index is 1170. The second kappa shape index (κ2) is 7.75. The third kappa shape index (κ3) is 4.33. The average molecular weight is 460 g/mol. The molecule has 0 spiro atoms. The van der Waals surface area contributed by atoms with Crippen LogP contribution < -0.4 is 0 Å². The van der Waals surface area contributed by atoms with Gasteiger partial charge in [-0.05, 0) is 30.3 Å². The molecule has 0 fully saturated rings. The molecule has 1 N–H and O–H groups in total. The Morgan fingerprint density at radius 2 is 1.68 bits per heavy atom. The van der Waals surface area contributed by atoms with Gasteiger partial charge in [-0.25, -0.2) is 17.9 Å². The first-order chi connectivity index (χ1) is 13.1. The molecule has 0 saturated heterocycles. The zero-order valence-corrected chi connectivity index (χ0v) is 17.4. The number of hydrogen-bond donors (Lipinski definition) is 1. The third-order valence-corrected chi connectivity index (χ3v) is 5.45. The van der Waals surface area contributed by atoms with Crippen molar-refractivity contribution in [2.45, 2.75) is 5.75 Å². The largest absolute Gasteiger partial charge is 0.476 e. The van der Waals surface area contributed by atoms with Crippen LogP contribution in [0.15, 0.2) is 42.5 Å². The van der Waals surface area contributed by atoms with Crippen LogP contribution in [0.4, 0.5) is 0 Å². The van der Waals surface area contributed by atoms with E-state index in [9.17, 15) is 18.3 Å². The predicted octanol–water partition coefficient (Wildman–Crippen LogP) is 4.74. The van der Waals surface area contributed by atoms with Crippen molar-refractivity contribution >= 4 is 50.6 Å². The standard InChI is InChI=1S/C18H13Cl3N2O4S/c1-28(26,27)9-13-16(18(24)25)22-23(15-7-6-12(20)8-14(15)21)17(13)10-2-4-11(19)5-3-10/h2-8H,9H2,1H3,(H,24,25). The van der Waals surface area contributed by atoms with E-state index >= 15 is 0 Å². The lowest BCUT2D eigenvalue weighted by atomic mass is 10.1. The highest BCUT2D eigenvalue weighted by Gasteiger charge is 2.27. The Kier molecular flexibility index (Phi) is 5.72. The van der Waals surface area contributed by atoms with Gasteiger partial charge in [0.25, 0.3) is 0 Å². The van der Waals surface area contributed by atoms with Crippen LogP contribution in [0.25, 0.3) is 16.9 Å². The highest BCUT2D eigenvalue weighted by atomic mass is 35.5. The molecule has 2 aromatic carbocycles. The molecule has 0 bridgehead atoms. The molecular weight excluding hydrogens is 447 g/mol. The van der Waals surface area contributed by atoms with E-state index in [0.29, 0.717) is 27.0 Å². The molecule has 0 saturated carbocycles. The zero-order valence-electron chi connectivity index (χ0n) is 14.4. The van der Waals surface area contributed by atoms with E-state index in [0.717, 1.165) is 6.26 Å². The summed E-state index contributed by atoms with van der Waals surface area (Å²) >= 11 is 18.2. The number of carboxylic acid groups (broad SMARTS) is 1. The van der Waals surface area contributed by atoms with Gasteiger partial charge in [0, 0.05) is 27.4 Å². The molecule has 6 nitrogen and oxygen atoms in total. The first kappa shape index (κ1) is 20.7. The molecule has 0 unspecified atom stereocenters. The van der Waals surface area contributed by atoms with Crippen molar-refractivity contribution < 1.29 is 18.3 Å². The molecule has 0 radical (unpaired) electrons. The fourth-order valence-electron chi connectivity index (χ4n) is 2.75. The van der Waals surface area contributed by atoms with Crippen molar-refractivity contribution in [2.75, 3.05) is 6.26 Å². The van der Waals surface area contributed by atoms with Gasteiger partial charge in [-0.1, -0.05) is 46.9 Å². The molecule has 3 aromatic rings. The average Bonchev–Trinajstić information content (AvgIpc) is 2.93. The fourth-order valence-corrected chi connectivity index (χ4v) is 4.17. The van der Waals surface area contributed by atoms with E-state index < -0.39 is 21.6 Å². The maximum Gasteiger partial charge on any atom is 0.356 e. The lowest BCUT2D eigenvalue weighted by molar-refractivity contribution is 0.0689. The van der Waals surface area contributed by atoms with Gasteiger partial charge in [-0.2, -0.15) is 5.10 Å².